The van der Waals surface area contributed by atoms with Crippen LogP contribution in [0.3, 0.4) is 0 Å². The van der Waals surface area contributed by atoms with Crippen molar-refractivity contribution in [1.29, 1.82) is 0 Å². The molecule has 8 aromatic rings. The summed E-state index contributed by atoms with van der Waals surface area (Å²) in [5.74, 6) is 4.69. The number of H-pyrrole nitrogens is 1. The molecule has 0 saturated heterocycles. The van der Waals surface area contributed by atoms with Crippen LogP contribution in [0.4, 0.5) is 0 Å². The van der Waals surface area contributed by atoms with Gasteiger partial charge in [-0.25, -0.2) is 19.9 Å². The van der Waals surface area contributed by atoms with E-state index in [4.69, 9.17) is 20.6 Å². The first-order valence-electron chi connectivity index (χ1n) is 17.9. The van der Waals surface area contributed by atoms with E-state index in [1.807, 2.05) is 12.1 Å². The molecule has 1 N–H and O–H groups in total. The summed E-state index contributed by atoms with van der Waals surface area (Å²) < 4.78 is 15.2. The van der Waals surface area contributed by atoms with Crippen molar-refractivity contribution in [3.8, 4) is 0 Å². The molecule has 2 saturated carbocycles. The zero-order valence-electron chi connectivity index (χ0n) is 30.1. The lowest BCUT2D eigenvalue weighted by Gasteiger charge is -2.33. The third-order valence-corrected chi connectivity index (χ3v) is 10.4. The summed E-state index contributed by atoms with van der Waals surface area (Å²) >= 11 is 5.63. The Kier molecular flexibility index (Phi) is 10.1. The quantitative estimate of drug-likeness (QED) is 0.205. The zero-order valence-corrected chi connectivity index (χ0v) is 30.8. The molecule has 10 rings (SSSR count). The molecule has 16 nitrogen and oxygen atoms in total. The molecule has 2 aromatic carbocycles. The van der Waals surface area contributed by atoms with E-state index < -0.39 is 0 Å². The second kappa shape index (κ2) is 15.6. The van der Waals surface area contributed by atoms with Gasteiger partial charge in [0, 0.05) is 25.9 Å². The van der Waals surface area contributed by atoms with Crippen LogP contribution in [-0.4, -0.2) is 58.9 Å². The Labute approximate surface area is 318 Å². The lowest BCUT2D eigenvalue weighted by molar-refractivity contribution is 0.315. The summed E-state index contributed by atoms with van der Waals surface area (Å²) in [5.41, 5.74) is 4.32. The molecule has 55 heavy (non-hydrogen) atoms. The standard InChI is InChI=1S/C19H18N6O2.C13H13ClN2O.C6H6N4O/c1-24-10-20-18-16(24)19(26)25(11-21-18)9-15-22-17(23-27-15)14-7-13(8-14)12-5-3-2-4-6-12;14-8-12-15-13(16-17-12)11-6-10(7-11)9-4-2-1-3-5-9;1-10-3-9-5-4(10)6(11)8-2-7-5/h2-6,10-11,13-14H,7-9H2,1H3;1-5,10-11H,6-8H2;2-3H,1H3,(H,7,8,11). The maximum atomic E-state index is 12.6. The van der Waals surface area contributed by atoms with Crippen molar-refractivity contribution >= 4 is 33.9 Å². The van der Waals surface area contributed by atoms with Gasteiger partial charge in [0.1, 0.15) is 18.8 Å². The number of aryl methyl sites for hydroxylation is 2. The van der Waals surface area contributed by atoms with E-state index in [1.165, 1.54) is 28.3 Å². The number of benzene rings is 2. The van der Waals surface area contributed by atoms with Gasteiger partial charge >= 0.3 is 0 Å². The highest BCUT2D eigenvalue weighted by Gasteiger charge is 2.35. The average molecular weight is 761 g/mol. The van der Waals surface area contributed by atoms with Crippen molar-refractivity contribution < 1.29 is 9.05 Å². The molecule has 0 aliphatic heterocycles. The Morgan fingerprint density at radius 3 is 1.73 bits per heavy atom. The minimum absolute atomic E-state index is 0.157. The fraction of sp³-hybridized carbons (Fsp3) is 0.316. The van der Waals surface area contributed by atoms with E-state index in [-0.39, 0.29) is 17.7 Å². The number of aromatic nitrogens is 12. The van der Waals surface area contributed by atoms with Crippen molar-refractivity contribution in [2.45, 2.75) is 61.8 Å². The van der Waals surface area contributed by atoms with Gasteiger partial charge in [-0.05, 0) is 48.6 Å². The number of alkyl halides is 1. The monoisotopic (exact) mass is 760 g/mol. The maximum absolute atomic E-state index is 12.6. The van der Waals surface area contributed by atoms with Crippen molar-refractivity contribution in [2.24, 2.45) is 14.1 Å². The van der Waals surface area contributed by atoms with E-state index in [1.54, 1.807) is 35.9 Å². The molecule has 0 atom stereocenters. The summed E-state index contributed by atoms with van der Waals surface area (Å²) in [4.78, 5) is 51.0. The van der Waals surface area contributed by atoms with E-state index in [0.29, 0.717) is 63.7 Å². The first-order valence-corrected chi connectivity index (χ1v) is 18.4. The van der Waals surface area contributed by atoms with Gasteiger partial charge in [-0.2, -0.15) is 9.97 Å². The van der Waals surface area contributed by atoms with Gasteiger partial charge in [0.2, 0.25) is 11.8 Å². The SMILES string of the molecule is ClCc1nc(C2CC(c3ccccc3)C2)no1.Cn1cnc2nc[nH]c(=O)c21.Cn1cnc2ncn(Cc3nc(C4CC(c5ccccc5)C4)no3)c(=O)c21. The molecule has 17 heteroatoms. The Balaban J connectivity index is 0.000000130. The lowest BCUT2D eigenvalue weighted by Crippen LogP contribution is -2.23. The van der Waals surface area contributed by atoms with Gasteiger partial charge in [0.25, 0.3) is 11.1 Å². The van der Waals surface area contributed by atoms with Gasteiger partial charge < -0.3 is 23.2 Å². The molecule has 2 aliphatic carbocycles. The second-order valence-corrected chi connectivity index (χ2v) is 14.0. The third-order valence-electron chi connectivity index (χ3n) is 10.2. The van der Waals surface area contributed by atoms with Gasteiger partial charge in [0.15, 0.2) is 34.0 Å². The number of hydrogen-bond acceptors (Lipinski definition) is 12. The number of nitrogens with zero attached hydrogens (tertiary/aromatic N) is 11. The number of imidazole rings is 2. The van der Waals surface area contributed by atoms with E-state index >= 15 is 0 Å². The number of nitrogens with one attached hydrogen (secondary N) is 1. The van der Waals surface area contributed by atoms with Crippen LogP contribution < -0.4 is 11.1 Å². The number of hydrogen-bond donors (Lipinski definition) is 1. The van der Waals surface area contributed by atoms with Crippen LogP contribution in [0.2, 0.25) is 0 Å². The third kappa shape index (κ3) is 7.58. The molecule has 2 fully saturated rings. The highest BCUT2D eigenvalue weighted by atomic mass is 35.5. The predicted octanol–water partition coefficient (Wildman–Crippen LogP) is 5.35. The Hall–Kier alpha value is -6.29. The van der Waals surface area contributed by atoms with Crippen LogP contribution in [0, 0.1) is 0 Å². The van der Waals surface area contributed by atoms with Crippen molar-refractivity contribution in [3.05, 3.63) is 141 Å². The van der Waals surface area contributed by atoms with Crippen LogP contribution in [-0.2, 0) is 26.5 Å². The largest absolute Gasteiger partial charge is 0.338 e. The number of aromatic amines is 1. The van der Waals surface area contributed by atoms with E-state index in [2.05, 4.69) is 93.7 Å². The summed E-state index contributed by atoms with van der Waals surface area (Å²) in [7, 11) is 3.53. The minimum Gasteiger partial charge on any atom is -0.338 e. The topological polar surface area (TPSA) is 194 Å². The summed E-state index contributed by atoms with van der Waals surface area (Å²) in [5, 5.41) is 8.09. The van der Waals surface area contributed by atoms with Crippen LogP contribution in [0.15, 0.2) is 105 Å². The molecular formula is C38H37ClN12O4. The normalized spacial score (nSPS) is 18.8. The number of rotatable bonds is 7. The second-order valence-electron chi connectivity index (χ2n) is 13.7. The molecule has 0 spiro atoms. The zero-order chi connectivity index (χ0) is 37.9. The van der Waals surface area contributed by atoms with E-state index in [9.17, 15) is 9.59 Å². The summed E-state index contributed by atoms with van der Waals surface area (Å²) in [6, 6.07) is 21.1. The Bertz CT molecular complexity index is 2630. The van der Waals surface area contributed by atoms with Gasteiger partial charge in [-0.3, -0.25) is 14.2 Å². The van der Waals surface area contributed by atoms with Crippen LogP contribution in [0.1, 0.15) is 83.9 Å². The number of fused-ring (bicyclic) bond motifs is 2. The molecule has 6 heterocycles. The fourth-order valence-corrected chi connectivity index (χ4v) is 7.07. The Morgan fingerprint density at radius 2 is 1.18 bits per heavy atom. The predicted molar refractivity (Wildman–Crippen MR) is 201 cm³/mol. The molecule has 280 valence electrons. The molecule has 6 aromatic heterocycles. The Morgan fingerprint density at radius 1 is 0.673 bits per heavy atom. The lowest BCUT2D eigenvalue weighted by atomic mass is 9.71. The summed E-state index contributed by atoms with van der Waals surface area (Å²) in [6.07, 6.45) is 10.2. The molecule has 0 amide bonds. The van der Waals surface area contributed by atoms with Gasteiger partial charge in [-0.1, -0.05) is 71.0 Å². The van der Waals surface area contributed by atoms with E-state index in [0.717, 1.165) is 37.3 Å². The van der Waals surface area contributed by atoms with Crippen molar-refractivity contribution in [2.75, 3.05) is 0 Å². The van der Waals surface area contributed by atoms with Crippen molar-refractivity contribution in [3.63, 3.8) is 0 Å². The number of halogens is 1. The van der Waals surface area contributed by atoms with Crippen LogP contribution in [0.25, 0.3) is 22.3 Å². The fourth-order valence-electron chi connectivity index (χ4n) is 6.96. The van der Waals surface area contributed by atoms with Gasteiger partial charge in [0.05, 0.1) is 19.0 Å². The smallest absolute Gasteiger partial charge is 0.280 e. The molecular weight excluding hydrogens is 724 g/mol. The summed E-state index contributed by atoms with van der Waals surface area (Å²) in [6.45, 7) is 0.203. The van der Waals surface area contributed by atoms with Crippen molar-refractivity contribution in [1.82, 2.24) is 58.9 Å². The highest BCUT2D eigenvalue weighted by Crippen LogP contribution is 2.47. The average Bonchev–Trinajstić information content (AvgIpc) is 3.99. The van der Waals surface area contributed by atoms with Gasteiger partial charge in [-0.15, -0.1) is 11.6 Å². The molecule has 0 radical (unpaired) electrons. The first-order chi connectivity index (χ1) is 26.8. The highest BCUT2D eigenvalue weighted by molar-refractivity contribution is 6.16. The van der Waals surface area contributed by atoms with Crippen LogP contribution in [0.5, 0.6) is 0 Å². The minimum atomic E-state index is -0.174. The first kappa shape index (κ1) is 35.7. The molecule has 0 unspecified atom stereocenters. The maximum Gasteiger partial charge on any atom is 0.280 e. The van der Waals surface area contributed by atoms with Crippen LogP contribution >= 0.6 is 11.6 Å². The molecule has 2 aliphatic rings. The molecule has 0 bridgehead atoms.